The molecule has 1 unspecified atom stereocenters. The van der Waals surface area contributed by atoms with Gasteiger partial charge in [0.2, 0.25) is 0 Å². The van der Waals surface area contributed by atoms with Gasteiger partial charge in [0.05, 0.1) is 11.4 Å². The average molecular weight is 245 g/mol. The molecule has 3 rings (SSSR count). The molecule has 0 N–H and O–H groups in total. The zero-order valence-corrected chi connectivity index (χ0v) is 11.0. The van der Waals surface area contributed by atoms with E-state index in [0.29, 0.717) is 17.8 Å². The van der Waals surface area contributed by atoms with Crippen LogP contribution < -0.4 is 9.80 Å². The number of hydrogen-bond acceptors (Lipinski definition) is 4. The molecule has 0 amide bonds. The molecule has 2 heterocycles. The van der Waals surface area contributed by atoms with E-state index in [1.54, 1.807) is 6.20 Å². The monoisotopic (exact) mass is 245 g/mol. The summed E-state index contributed by atoms with van der Waals surface area (Å²) in [7, 11) is 4.21. The first-order valence-electron chi connectivity index (χ1n) is 6.64. The third-order valence-corrected chi connectivity index (χ3v) is 4.39. The number of aromatic nitrogens is 1. The molecule has 0 radical (unpaired) electrons. The van der Waals surface area contributed by atoms with E-state index in [-0.39, 0.29) is 0 Å². The van der Waals surface area contributed by atoms with Crippen LogP contribution in [0.1, 0.15) is 36.2 Å². The Morgan fingerprint density at radius 3 is 2.67 bits per heavy atom. The van der Waals surface area contributed by atoms with Crippen LogP contribution in [0.2, 0.25) is 0 Å². The highest BCUT2D eigenvalue weighted by atomic mass is 16.1. The molecule has 18 heavy (non-hydrogen) atoms. The van der Waals surface area contributed by atoms with Gasteiger partial charge in [-0.25, -0.2) is 0 Å². The molecule has 1 fully saturated rings. The second kappa shape index (κ2) is 4.26. The molecule has 4 nitrogen and oxygen atoms in total. The Kier molecular flexibility index (Phi) is 2.73. The predicted molar refractivity (Wildman–Crippen MR) is 72.2 cm³/mol. The number of fused-ring (bicyclic) bond motifs is 1. The van der Waals surface area contributed by atoms with Crippen molar-refractivity contribution >= 4 is 17.7 Å². The summed E-state index contributed by atoms with van der Waals surface area (Å²) >= 11 is 0. The minimum atomic E-state index is 0.380. The highest BCUT2D eigenvalue weighted by Gasteiger charge is 2.39. The van der Waals surface area contributed by atoms with E-state index in [1.807, 2.05) is 6.07 Å². The van der Waals surface area contributed by atoms with Crippen molar-refractivity contribution in [2.45, 2.75) is 31.8 Å². The van der Waals surface area contributed by atoms with Crippen LogP contribution in [0, 0.1) is 5.92 Å². The van der Waals surface area contributed by atoms with Crippen LogP contribution in [-0.2, 0) is 0 Å². The lowest BCUT2D eigenvalue weighted by molar-refractivity contribution is 0.111. The van der Waals surface area contributed by atoms with Gasteiger partial charge in [-0.3, -0.25) is 9.78 Å². The molecule has 1 aliphatic heterocycles. The summed E-state index contributed by atoms with van der Waals surface area (Å²) in [5, 5.41) is 0. The van der Waals surface area contributed by atoms with Crippen molar-refractivity contribution in [1.82, 2.24) is 4.98 Å². The van der Waals surface area contributed by atoms with Gasteiger partial charge in [0.1, 0.15) is 11.9 Å². The van der Waals surface area contributed by atoms with E-state index in [0.717, 1.165) is 17.7 Å². The molecular formula is C14H19N3O. The normalized spacial score (nSPS) is 23.6. The summed E-state index contributed by atoms with van der Waals surface area (Å²) in [6.45, 7) is 0. The van der Waals surface area contributed by atoms with E-state index in [1.165, 1.54) is 25.7 Å². The molecule has 0 spiro atoms. The Balaban J connectivity index is 2.01. The second-order valence-electron chi connectivity index (χ2n) is 5.36. The largest absolute Gasteiger partial charge is 0.352 e. The molecule has 0 bridgehead atoms. The highest BCUT2D eigenvalue weighted by Crippen LogP contribution is 2.44. The van der Waals surface area contributed by atoms with Crippen LogP contribution in [0.15, 0.2) is 12.3 Å². The molecule has 1 aliphatic carbocycles. The van der Waals surface area contributed by atoms with Gasteiger partial charge in [-0.1, -0.05) is 12.8 Å². The van der Waals surface area contributed by atoms with Crippen molar-refractivity contribution in [1.29, 1.82) is 0 Å². The van der Waals surface area contributed by atoms with Crippen molar-refractivity contribution in [2.24, 2.45) is 5.92 Å². The Morgan fingerprint density at radius 2 is 2.00 bits per heavy atom. The van der Waals surface area contributed by atoms with Crippen molar-refractivity contribution in [3.63, 3.8) is 0 Å². The van der Waals surface area contributed by atoms with Crippen molar-refractivity contribution in [2.75, 3.05) is 23.9 Å². The zero-order valence-electron chi connectivity index (χ0n) is 11.0. The van der Waals surface area contributed by atoms with Gasteiger partial charge in [-0.05, 0) is 24.8 Å². The molecule has 0 aromatic carbocycles. The molecule has 2 aliphatic rings. The van der Waals surface area contributed by atoms with Gasteiger partial charge in [-0.2, -0.15) is 0 Å². The first-order chi connectivity index (χ1) is 8.74. The lowest BCUT2D eigenvalue weighted by Crippen LogP contribution is -2.44. The minimum Gasteiger partial charge on any atom is -0.352 e. The van der Waals surface area contributed by atoms with Gasteiger partial charge in [0.25, 0.3) is 0 Å². The molecule has 1 aromatic rings. The quantitative estimate of drug-likeness (QED) is 0.749. The molecule has 1 aromatic heterocycles. The smallest absolute Gasteiger partial charge is 0.170 e. The van der Waals surface area contributed by atoms with Gasteiger partial charge in [0.15, 0.2) is 6.29 Å². The van der Waals surface area contributed by atoms with Gasteiger partial charge in [-0.15, -0.1) is 0 Å². The maximum absolute atomic E-state index is 11.1. The van der Waals surface area contributed by atoms with Gasteiger partial charge >= 0.3 is 0 Å². The van der Waals surface area contributed by atoms with Crippen LogP contribution in [-0.4, -0.2) is 31.5 Å². The number of aldehydes is 1. The highest BCUT2D eigenvalue weighted by molar-refractivity contribution is 5.91. The van der Waals surface area contributed by atoms with Gasteiger partial charge in [0, 0.05) is 20.3 Å². The lowest BCUT2D eigenvalue weighted by Gasteiger charge is -2.33. The van der Waals surface area contributed by atoms with E-state index in [9.17, 15) is 4.79 Å². The van der Waals surface area contributed by atoms with Crippen LogP contribution >= 0.6 is 0 Å². The Morgan fingerprint density at radius 1 is 1.28 bits per heavy atom. The van der Waals surface area contributed by atoms with Crippen molar-refractivity contribution in [3.8, 4) is 0 Å². The summed E-state index contributed by atoms with van der Waals surface area (Å²) in [4.78, 5) is 19.9. The number of hydrogen-bond donors (Lipinski definition) is 0. The molecule has 4 heteroatoms. The molecule has 1 saturated carbocycles. The number of carbonyl (C=O) groups excluding carboxylic acids is 1. The molecule has 1 atom stereocenters. The van der Waals surface area contributed by atoms with Crippen LogP contribution in [0.5, 0.6) is 0 Å². The number of rotatable bonds is 2. The zero-order chi connectivity index (χ0) is 12.7. The average Bonchev–Trinajstić information content (AvgIpc) is 2.98. The van der Waals surface area contributed by atoms with Gasteiger partial charge < -0.3 is 9.80 Å². The standard InChI is InChI=1S/C14H19N3O/c1-16-12-7-8-15-11(9-18)13(12)17(2)14(16)10-5-3-4-6-10/h7-10,14H,3-6H2,1-2H3. The predicted octanol–water partition coefficient (Wildman–Crippen LogP) is 2.30. The van der Waals surface area contributed by atoms with Crippen molar-refractivity contribution in [3.05, 3.63) is 18.0 Å². The topological polar surface area (TPSA) is 36.4 Å². The fraction of sp³-hybridized carbons (Fsp3) is 0.571. The van der Waals surface area contributed by atoms with E-state index >= 15 is 0 Å². The molecule has 0 saturated heterocycles. The minimum absolute atomic E-state index is 0.380. The Hall–Kier alpha value is -1.58. The summed E-state index contributed by atoms with van der Waals surface area (Å²) < 4.78 is 0. The fourth-order valence-corrected chi connectivity index (χ4v) is 3.61. The lowest BCUT2D eigenvalue weighted by atomic mass is 10.0. The first kappa shape index (κ1) is 11.5. The van der Waals surface area contributed by atoms with E-state index in [2.05, 4.69) is 28.9 Å². The van der Waals surface area contributed by atoms with Crippen molar-refractivity contribution < 1.29 is 4.79 Å². The summed E-state index contributed by atoms with van der Waals surface area (Å²) in [5.74, 6) is 0.701. The maximum atomic E-state index is 11.1. The van der Waals surface area contributed by atoms with E-state index in [4.69, 9.17) is 0 Å². The molecule has 96 valence electrons. The maximum Gasteiger partial charge on any atom is 0.170 e. The Labute approximate surface area is 108 Å². The first-order valence-corrected chi connectivity index (χ1v) is 6.64. The number of anilines is 2. The number of carbonyl (C=O) groups is 1. The fourth-order valence-electron chi connectivity index (χ4n) is 3.61. The number of pyridine rings is 1. The third kappa shape index (κ3) is 1.51. The third-order valence-electron chi connectivity index (χ3n) is 4.39. The summed E-state index contributed by atoms with van der Waals surface area (Å²) in [6, 6.07) is 2.01. The second-order valence-corrected chi connectivity index (χ2v) is 5.36. The van der Waals surface area contributed by atoms with Crippen LogP contribution in [0.25, 0.3) is 0 Å². The SMILES string of the molecule is CN1c2ccnc(C=O)c2N(C)C1C1CCCC1. The number of nitrogens with zero attached hydrogens (tertiary/aromatic N) is 3. The van der Waals surface area contributed by atoms with E-state index < -0.39 is 0 Å². The summed E-state index contributed by atoms with van der Waals surface area (Å²) in [5.41, 5.74) is 2.68. The Bertz CT molecular complexity index is 468. The molecular weight excluding hydrogens is 226 g/mol. The summed E-state index contributed by atoms with van der Waals surface area (Å²) in [6.07, 6.45) is 8.21. The van der Waals surface area contributed by atoms with Crippen LogP contribution in [0.4, 0.5) is 11.4 Å². The van der Waals surface area contributed by atoms with Crippen LogP contribution in [0.3, 0.4) is 0 Å².